The summed E-state index contributed by atoms with van der Waals surface area (Å²) in [7, 11) is 0. The predicted molar refractivity (Wildman–Crippen MR) is 129 cm³/mol. The second-order valence-electron chi connectivity index (χ2n) is 8.63. The van der Waals surface area contributed by atoms with Gasteiger partial charge in [0.2, 0.25) is 6.79 Å². The van der Waals surface area contributed by atoms with E-state index < -0.39 is 0 Å². The summed E-state index contributed by atoms with van der Waals surface area (Å²) in [5.74, 6) is 1.61. The van der Waals surface area contributed by atoms with E-state index in [1.54, 1.807) is 6.26 Å². The number of aromatic nitrogens is 1. The van der Waals surface area contributed by atoms with Gasteiger partial charge in [-0.25, -0.2) is 0 Å². The van der Waals surface area contributed by atoms with E-state index in [1.807, 2.05) is 58.0 Å². The summed E-state index contributed by atoms with van der Waals surface area (Å²) in [6.45, 7) is 4.55. The smallest absolute Gasteiger partial charge is 0.270 e. The van der Waals surface area contributed by atoms with Crippen LogP contribution in [0, 0.1) is 0 Å². The lowest BCUT2D eigenvalue weighted by molar-refractivity contribution is 0.0619. The normalized spacial score (nSPS) is 15.9. The second kappa shape index (κ2) is 8.74. The van der Waals surface area contributed by atoms with E-state index in [-0.39, 0.29) is 12.7 Å². The molecule has 0 atom stereocenters. The Morgan fingerprint density at radius 1 is 0.912 bits per heavy atom. The fraction of sp³-hybridized carbons (Fsp3) is 0.269. The molecule has 1 saturated heterocycles. The van der Waals surface area contributed by atoms with Gasteiger partial charge in [-0.1, -0.05) is 35.9 Å². The molecular weight excluding hydrogens is 454 g/mol. The highest BCUT2D eigenvalue weighted by molar-refractivity contribution is 6.31. The molecule has 8 heteroatoms. The van der Waals surface area contributed by atoms with Gasteiger partial charge >= 0.3 is 0 Å². The van der Waals surface area contributed by atoms with Crippen molar-refractivity contribution < 1.29 is 18.7 Å². The Hall–Kier alpha value is -3.42. The lowest BCUT2D eigenvalue weighted by atomic mass is 10.1. The monoisotopic (exact) mass is 477 g/mol. The average Bonchev–Trinajstić information content (AvgIpc) is 3.58. The van der Waals surface area contributed by atoms with Crippen LogP contribution in [0.2, 0.25) is 5.02 Å². The molecule has 1 amide bonds. The summed E-state index contributed by atoms with van der Waals surface area (Å²) >= 11 is 6.41. The molecule has 1 fully saturated rings. The second-order valence-corrected chi connectivity index (χ2v) is 9.04. The Morgan fingerprint density at radius 3 is 2.59 bits per heavy atom. The Bertz CT molecular complexity index is 1350. The number of hydrogen-bond acceptors (Lipinski definition) is 5. The number of fused-ring (bicyclic) bond motifs is 2. The van der Waals surface area contributed by atoms with E-state index in [2.05, 4.69) is 11.0 Å². The van der Waals surface area contributed by atoms with E-state index in [9.17, 15) is 4.79 Å². The fourth-order valence-electron chi connectivity index (χ4n) is 4.69. The Balaban J connectivity index is 1.16. The summed E-state index contributed by atoms with van der Waals surface area (Å²) in [4.78, 5) is 17.8. The van der Waals surface area contributed by atoms with Crippen molar-refractivity contribution in [2.24, 2.45) is 0 Å². The van der Waals surface area contributed by atoms with Crippen LogP contribution in [-0.2, 0) is 13.1 Å². The molecule has 2 aliphatic rings. The van der Waals surface area contributed by atoms with E-state index in [4.69, 9.17) is 25.5 Å². The standard InChI is InChI=1S/C26H24ClN3O4/c27-20-4-2-1-3-19(20)16-30-21-7-12-32-24(21)14-22(30)26(31)29-10-8-28(9-11-29)15-18-5-6-23-25(13-18)34-17-33-23/h1-7,12-14H,8-11,15-17H2. The number of rotatable bonds is 5. The molecule has 0 N–H and O–H groups in total. The van der Waals surface area contributed by atoms with Gasteiger partial charge < -0.3 is 23.4 Å². The highest BCUT2D eigenvalue weighted by Crippen LogP contribution is 2.33. The van der Waals surface area contributed by atoms with E-state index in [0.717, 1.165) is 42.2 Å². The lowest BCUT2D eigenvalue weighted by Crippen LogP contribution is -2.48. The summed E-state index contributed by atoms with van der Waals surface area (Å²) in [6, 6.07) is 17.5. The Labute approximate surface area is 202 Å². The number of piperazine rings is 1. The highest BCUT2D eigenvalue weighted by atomic mass is 35.5. The summed E-state index contributed by atoms with van der Waals surface area (Å²) in [6.07, 6.45) is 1.65. The van der Waals surface area contributed by atoms with Crippen molar-refractivity contribution in [3.63, 3.8) is 0 Å². The maximum absolute atomic E-state index is 13.5. The maximum Gasteiger partial charge on any atom is 0.270 e. The molecule has 0 unspecified atom stereocenters. The van der Waals surface area contributed by atoms with Gasteiger partial charge in [-0.15, -0.1) is 0 Å². The predicted octanol–water partition coefficient (Wildman–Crippen LogP) is 4.62. The average molecular weight is 478 g/mol. The van der Waals surface area contributed by atoms with Gasteiger partial charge in [0, 0.05) is 56.4 Å². The van der Waals surface area contributed by atoms with Gasteiger partial charge in [-0.2, -0.15) is 0 Å². The van der Waals surface area contributed by atoms with E-state index in [1.165, 1.54) is 5.56 Å². The van der Waals surface area contributed by atoms with Crippen molar-refractivity contribution >= 4 is 28.6 Å². The first-order valence-electron chi connectivity index (χ1n) is 11.4. The number of halogens is 1. The van der Waals surface area contributed by atoms with Crippen LogP contribution in [-0.4, -0.2) is 53.2 Å². The van der Waals surface area contributed by atoms with Gasteiger partial charge in [-0.05, 0) is 29.3 Å². The van der Waals surface area contributed by atoms with Crippen molar-refractivity contribution in [3.05, 3.63) is 82.7 Å². The van der Waals surface area contributed by atoms with Crippen LogP contribution >= 0.6 is 11.6 Å². The number of benzene rings is 2. The first-order chi connectivity index (χ1) is 16.7. The lowest BCUT2D eigenvalue weighted by Gasteiger charge is -2.35. The molecule has 4 heterocycles. The van der Waals surface area contributed by atoms with Crippen LogP contribution in [0.25, 0.3) is 11.1 Å². The van der Waals surface area contributed by atoms with Crippen molar-refractivity contribution in [2.75, 3.05) is 33.0 Å². The zero-order valence-electron chi connectivity index (χ0n) is 18.6. The molecule has 0 spiro atoms. The number of ether oxygens (including phenoxy) is 2. The SMILES string of the molecule is O=C(c1cc2occc2n1Cc1ccccc1Cl)N1CCN(Cc2ccc3c(c2)OCO3)CC1. The first kappa shape index (κ1) is 21.1. The van der Waals surface area contributed by atoms with E-state index >= 15 is 0 Å². The minimum Gasteiger partial charge on any atom is -0.463 e. The molecule has 0 bridgehead atoms. The van der Waals surface area contributed by atoms with Gasteiger partial charge in [0.05, 0.1) is 11.8 Å². The summed E-state index contributed by atoms with van der Waals surface area (Å²) in [5, 5.41) is 0.684. The maximum atomic E-state index is 13.5. The van der Waals surface area contributed by atoms with Gasteiger partial charge in [0.25, 0.3) is 5.91 Å². The minimum atomic E-state index is 0.0150. The molecule has 0 saturated carbocycles. The van der Waals surface area contributed by atoms with Crippen LogP contribution in [0.1, 0.15) is 21.6 Å². The molecule has 34 heavy (non-hydrogen) atoms. The summed E-state index contributed by atoms with van der Waals surface area (Å²) in [5.41, 5.74) is 4.36. The number of nitrogens with zero attached hydrogens (tertiary/aromatic N) is 3. The Morgan fingerprint density at radius 2 is 1.74 bits per heavy atom. The Kier molecular flexibility index (Phi) is 5.43. The van der Waals surface area contributed by atoms with Crippen LogP contribution in [0.5, 0.6) is 11.5 Å². The minimum absolute atomic E-state index is 0.0150. The molecule has 2 aliphatic heterocycles. The molecular formula is C26H24ClN3O4. The van der Waals surface area contributed by atoms with Crippen molar-refractivity contribution in [3.8, 4) is 11.5 Å². The third kappa shape index (κ3) is 3.91. The van der Waals surface area contributed by atoms with Crippen LogP contribution in [0.4, 0.5) is 0 Å². The quantitative estimate of drug-likeness (QED) is 0.419. The molecule has 6 rings (SSSR count). The number of amides is 1. The topological polar surface area (TPSA) is 60.1 Å². The highest BCUT2D eigenvalue weighted by Gasteiger charge is 2.26. The van der Waals surface area contributed by atoms with Crippen molar-refractivity contribution in [1.82, 2.24) is 14.4 Å². The zero-order chi connectivity index (χ0) is 23.1. The molecule has 7 nitrogen and oxygen atoms in total. The molecule has 4 aromatic rings. The molecule has 0 aliphatic carbocycles. The number of furan rings is 1. The van der Waals surface area contributed by atoms with Crippen LogP contribution in [0.3, 0.4) is 0 Å². The fourth-order valence-corrected chi connectivity index (χ4v) is 4.89. The van der Waals surface area contributed by atoms with Crippen LogP contribution < -0.4 is 9.47 Å². The van der Waals surface area contributed by atoms with Gasteiger partial charge in [0.1, 0.15) is 5.69 Å². The first-order valence-corrected chi connectivity index (χ1v) is 11.7. The number of hydrogen-bond donors (Lipinski definition) is 0. The van der Waals surface area contributed by atoms with Crippen LogP contribution in [0.15, 0.2) is 65.3 Å². The van der Waals surface area contributed by atoms with Crippen molar-refractivity contribution in [2.45, 2.75) is 13.1 Å². The third-order valence-corrected chi connectivity index (χ3v) is 6.90. The molecule has 174 valence electrons. The van der Waals surface area contributed by atoms with Crippen molar-refractivity contribution in [1.29, 1.82) is 0 Å². The third-order valence-electron chi connectivity index (χ3n) is 6.53. The largest absolute Gasteiger partial charge is 0.463 e. The van der Waals surface area contributed by atoms with Gasteiger partial charge in [0.15, 0.2) is 17.1 Å². The van der Waals surface area contributed by atoms with Gasteiger partial charge in [-0.3, -0.25) is 9.69 Å². The molecule has 2 aromatic carbocycles. The zero-order valence-corrected chi connectivity index (χ0v) is 19.3. The number of carbonyl (C=O) groups excluding carboxylic acids is 1. The molecule has 0 radical (unpaired) electrons. The molecule has 2 aromatic heterocycles. The number of carbonyl (C=O) groups is 1. The summed E-state index contributed by atoms with van der Waals surface area (Å²) < 4.78 is 18.5. The van der Waals surface area contributed by atoms with E-state index in [0.29, 0.717) is 35.9 Å².